The first kappa shape index (κ1) is 9.87. The molecule has 0 amide bonds. The summed E-state index contributed by atoms with van der Waals surface area (Å²) in [5.74, 6) is 0. The highest BCUT2D eigenvalue weighted by Crippen LogP contribution is 2.20. The molecule has 0 saturated carbocycles. The second kappa shape index (κ2) is 4.24. The van der Waals surface area contributed by atoms with Gasteiger partial charge in [0, 0.05) is 10.6 Å². The first-order chi connectivity index (χ1) is 7.29. The molecular formula is C12H8ClNO. The zero-order valence-corrected chi connectivity index (χ0v) is 8.61. The lowest BCUT2D eigenvalue weighted by molar-refractivity contribution is 0.111. The van der Waals surface area contributed by atoms with Gasteiger partial charge in [-0.1, -0.05) is 29.8 Å². The van der Waals surface area contributed by atoms with Gasteiger partial charge in [-0.3, -0.25) is 4.79 Å². The normalized spacial score (nSPS) is 9.93. The van der Waals surface area contributed by atoms with E-state index in [9.17, 15) is 4.79 Å². The standard InChI is InChI=1S/C12H8ClNO/c13-10-4-1-3-9(7-10)12-6-2-5-11(8-15)14-12/h1-8H. The largest absolute Gasteiger partial charge is 0.296 e. The SMILES string of the molecule is O=Cc1cccc(-c2cccc(Cl)c2)n1. The van der Waals surface area contributed by atoms with Gasteiger partial charge in [0.05, 0.1) is 5.69 Å². The molecule has 0 aliphatic heterocycles. The Kier molecular flexibility index (Phi) is 2.79. The Bertz CT molecular complexity index is 496. The zero-order chi connectivity index (χ0) is 10.7. The molecule has 2 rings (SSSR count). The van der Waals surface area contributed by atoms with Crippen molar-refractivity contribution >= 4 is 17.9 Å². The minimum absolute atomic E-state index is 0.424. The number of aromatic nitrogens is 1. The molecule has 74 valence electrons. The maximum Gasteiger partial charge on any atom is 0.168 e. The molecule has 0 spiro atoms. The Hall–Kier alpha value is -1.67. The molecule has 2 nitrogen and oxygen atoms in total. The molecule has 0 saturated heterocycles. The van der Waals surface area contributed by atoms with Crippen molar-refractivity contribution in [3.8, 4) is 11.3 Å². The van der Waals surface area contributed by atoms with Gasteiger partial charge >= 0.3 is 0 Å². The summed E-state index contributed by atoms with van der Waals surface area (Å²) in [5, 5.41) is 0.658. The maximum absolute atomic E-state index is 10.6. The molecule has 0 aliphatic rings. The fraction of sp³-hybridized carbons (Fsp3) is 0. The summed E-state index contributed by atoms with van der Waals surface area (Å²) in [6.45, 7) is 0. The fourth-order valence-electron chi connectivity index (χ4n) is 1.33. The number of hydrogen-bond donors (Lipinski definition) is 0. The van der Waals surface area contributed by atoms with Crippen molar-refractivity contribution in [2.75, 3.05) is 0 Å². The van der Waals surface area contributed by atoms with Gasteiger partial charge in [0.1, 0.15) is 5.69 Å². The topological polar surface area (TPSA) is 30.0 Å². The Morgan fingerprint density at radius 3 is 2.67 bits per heavy atom. The van der Waals surface area contributed by atoms with E-state index in [-0.39, 0.29) is 0 Å². The van der Waals surface area contributed by atoms with Crippen molar-refractivity contribution in [2.45, 2.75) is 0 Å². The van der Waals surface area contributed by atoms with Gasteiger partial charge in [-0.25, -0.2) is 4.98 Å². The Morgan fingerprint density at radius 2 is 1.93 bits per heavy atom. The maximum atomic E-state index is 10.6. The van der Waals surface area contributed by atoms with E-state index >= 15 is 0 Å². The minimum Gasteiger partial charge on any atom is -0.296 e. The molecule has 1 aromatic heterocycles. The lowest BCUT2D eigenvalue weighted by Crippen LogP contribution is -1.89. The number of halogens is 1. The van der Waals surface area contributed by atoms with Crippen LogP contribution < -0.4 is 0 Å². The van der Waals surface area contributed by atoms with E-state index in [0.717, 1.165) is 17.5 Å². The number of nitrogens with zero attached hydrogens (tertiary/aromatic N) is 1. The minimum atomic E-state index is 0.424. The van der Waals surface area contributed by atoms with Crippen LogP contribution in [0.2, 0.25) is 5.02 Å². The summed E-state index contributed by atoms with van der Waals surface area (Å²) < 4.78 is 0. The van der Waals surface area contributed by atoms with Crippen LogP contribution in [0.25, 0.3) is 11.3 Å². The second-order valence-corrected chi connectivity index (χ2v) is 3.51. The van der Waals surface area contributed by atoms with Crippen LogP contribution in [0, 0.1) is 0 Å². The van der Waals surface area contributed by atoms with Crippen molar-refractivity contribution in [3.63, 3.8) is 0 Å². The van der Waals surface area contributed by atoms with Gasteiger partial charge in [-0.2, -0.15) is 0 Å². The fourth-order valence-corrected chi connectivity index (χ4v) is 1.52. The Labute approximate surface area is 92.5 Å². The molecule has 0 fully saturated rings. The van der Waals surface area contributed by atoms with Crippen molar-refractivity contribution in [1.82, 2.24) is 4.98 Å². The van der Waals surface area contributed by atoms with E-state index in [1.807, 2.05) is 24.3 Å². The Morgan fingerprint density at radius 1 is 1.13 bits per heavy atom. The van der Waals surface area contributed by atoms with E-state index in [0.29, 0.717) is 10.7 Å². The highest BCUT2D eigenvalue weighted by molar-refractivity contribution is 6.30. The third-order valence-electron chi connectivity index (χ3n) is 2.01. The van der Waals surface area contributed by atoms with Gasteiger partial charge in [0.25, 0.3) is 0 Å². The van der Waals surface area contributed by atoms with E-state index in [1.165, 1.54) is 0 Å². The lowest BCUT2D eigenvalue weighted by atomic mass is 10.1. The van der Waals surface area contributed by atoms with E-state index < -0.39 is 0 Å². The summed E-state index contributed by atoms with van der Waals surface area (Å²) in [7, 11) is 0. The first-order valence-corrected chi connectivity index (χ1v) is 4.85. The van der Waals surface area contributed by atoms with Crippen LogP contribution in [0.1, 0.15) is 10.5 Å². The van der Waals surface area contributed by atoms with Gasteiger partial charge in [0.2, 0.25) is 0 Å². The third-order valence-corrected chi connectivity index (χ3v) is 2.25. The smallest absolute Gasteiger partial charge is 0.168 e. The van der Waals surface area contributed by atoms with Crippen molar-refractivity contribution in [1.29, 1.82) is 0 Å². The molecule has 1 heterocycles. The molecule has 0 unspecified atom stereocenters. The molecule has 0 radical (unpaired) electrons. The number of rotatable bonds is 2. The number of benzene rings is 1. The molecule has 1 aromatic carbocycles. The van der Waals surface area contributed by atoms with Crippen LogP contribution in [-0.2, 0) is 0 Å². The first-order valence-electron chi connectivity index (χ1n) is 4.48. The van der Waals surface area contributed by atoms with Crippen molar-refractivity contribution < 1.29 is 4.79 Å². The number of carbonyl (C=O) groups is 1. The summed E-state index contributed by atoms with van der Waals surface area (Å²) in [4.78, 5) is 14.7. The number of hydrogen-bond acceptors (Lipinski definition) is 2. The van der Waals surface area contributed by atoms with E-state index in [2.05, 4.69) is 4.98 Å². The zero-order valence-electron chi connectivity index (χ0n) is 7.85. The van der Waals surface area contributed by atoms with Gasteiger partial charge < -0.3 is 0 Å². The summed E-state index contributed by atoms with van der Waals surface area (Å²) in [6, 6.07) is 12.7. The molecule has 2 aromatic rings. The number of pyridine rings is 1. The summed E-state index contributed by atoms with van der Waals surface area (Å²) in [5.41, 5.74) is 2.08. The molecule has 0 aliphatic carbocycles. The summed E-state index contributed by atoms with van der Waals surface area (Å²) >= 11 is 5.87. The lowest BCUT2D eigenvalue weighted by Gasteiger charge is -2.01. The van der Waals surface area contributed by atoms with Crippen molar-refractivity contribution in [2.24, 2.45) is 0 Å². The second-order valence-electron chi connectivity index (χ2n) is 3.08. The average Bonchev–Trinajstić information content (AvgIpc) is 2.29. The number of aldehydes is 1. The van der Waals surface area contributed by atoms with Crippen LogP contribution in [-0.4, -0.2) is 11.3 Å². The number of carbonyl (C=O) groups excluding carboxylic acids is 1. The average molecular weight is 218 g/mol. The summed E-state index contributed by atoms with van der Waals surface area (Å²) in [6.07, 6.45) is 0.730. The van der Waals surface area contributed by atoms with E-state index in [1.54, 1.807) is 18.2 Å². The van der Waals surface area contributed by atoms with Gasteiger partial charge in [-0.15, -0.1) is 0 Å². The quantitative estimate of drug-likeness (QED) is 0.723. The highest BCUT2D eigenvalue weighted by atomic mass is 35.5. The predicted molar refractivity (Wildman–Crippen MR) is 60.1 cm³/mol. The van der Waals surface area contributed by atoms with Crippen LogP contribution in [0.5, 0.6) is 0 Å². The van der Waals surface area contributed by atoms with Crippen LogP contribution in [0.15, 0.2) is 42.5 Å². The van der Waals surface area contributed by atoms with Gasteiger partial charge in [0.15, 0.2) is 6.29 Å². The molecule has 15 heavy (non-hydrogen) atoms. The van der Waals surface area contributed by atoms with Crippen LogP contribution in [0.4, 0.5) is 0 Å². The molecule has 0 N–H and O–H groups in total. The third kappa shape index (κ3) is 2.22. The van der Waals surface area contributed by atoms with Crippen LogP contribution in [0.3, 0.4) is 0 Å². The predicted octanol–water partition coefficient (Wildman–Crippen LogP) is 3.21. The van der Waals surface area contributed by atoms with E-state index in [4.69, 9.17) is 11.6 Å². The van der Waals surface area contributed by atoms with Crippen molar-refractivity contribution in [3.05, 3.63) is 53.2 Å². The van der Waals surface area contributed by atoms with Crippen LogP contribution >= 0.6 is 11.6 Å². The Balaban J connectivity index is 2.49. The molecule has 3 heteroatoms. The van der Waals surface area contributed by atoms with Gasteiger partial charge in [-0.05, 0) is 24.3 Å². The monoisotopic (exact) mass is 217 g/mol. The molecular weight excluding hydrogens is 210 g/mol. The molecule has 0 atom stereocenters. The molecule has 0 bridgehead atoms. The highest BCUT2D eigenvalue weighted by Gasteiger charge is 2.00.